The van der Waals surface area contributed by atoms with Crippen molar-refractivity contribution in [2.45, 2.75) is 6.92 Å². The van der Waals surface area contributed by atoms with Gasteiger partial charge in [-0.2, -0.15) is 0 Å². The quantitative estimate of drug-likeness (QED) is 0.372. The third-order valence-electron chi connectivity index (χ3n) is 4.57. The van der Waals surface area contributed by atoms with E-state index in [1.54, 1.807) is 24.3 Å². The molecule has 1 amide bonds. The second-order valence-corrected chi connectivity index (χ2v) is 6.67. The highest BCUT2D eigenvalue weighted by Crippen LogP contribution is 2.29. The molecule has 0 saturated carbocycles. The first kappa shape index (κ1) is 19.1. The number of hydrogen-bond donors (Lipinski definition) is 1. The summed E-state index contributed by atoms with van der Waals surface area (Å²) in [6.45, 7) is 1.99. The molecule has 1 heterocycles. The molecule has 0 saturated heterocycles. The number of hydrogen-bond acceptors (Lipinski definition) is 6. The normalized spacial score (nSPS) is 10.7. The molecule has 4 aromatic rings. The van der Waals surface area contributed by atoms with Gasteiger partial charge in [0.15, 0.2) is 11.3 Å². The van der Waals surface area contributed by atoms with Crippen LogP contribution in [0.2, 0.25) is 0 Å². The van der Waals surface area contributed by atoms with Crippen LogP contribution in [-0.2, 0) is 0 Å². The van der Waals surface area contributed by atoms with Gasteiger partial charge in [0.25, 0.3) is 5.91 Å². The van der Waals surface area contributed by atoms with E-state index in [0.717, 1.165) is 16.6 Å². The van der Waals surface area contributed by atoms with Crippen LogP contribution in [-0.4, -0.2) is 22.9 Å². The number of ether oxygens (including phenoxy) is 1. The molecule has 8 nitrogen and oxygen atoms in total. The second kappa shape index (κ2) is 7.67. The third-order valence-corrected chi connectivity index (χ3v) is 4.57. The predicted octanol–water partition coefficient (Wildman–Crippen LogP) is 4.97. The van der Waals surface area contributed by atoms with Gasteiger partial charge >= 0.3 is 5.69 Å². The number of nitrogens with zero attached hydrogens (tertiary/aromatic N) is 2. The maximum Gasteiger partial charge on any atom is 0.311 e. The molecular formula is C22H17N3O5. The number of rotatable bonds is 5. The van der Waals surface area contributed by atoms with Crippen LogP contribution in [0.15, 0.2) is 65.1 Å². The number of aryl methyl sites for hydroxylation is 1. The Morgan fingerprint density at radius 1 is 1.10 bits per heavy atom. The highest BCUT2D eigenvalue weighted by molar-refractivity contribution is 6.05. The first-order chi connectivity index (χ1) is 14.4. The van der Waals surface area contributed by atoms with E-state index in [9.17, 15) is 14.9 Å². The van der Waals surface area contributed by atoms with Crippen LogP contribution < -0.4 is 10.1 Å². The molecule has 1 N–H and O–H groups in total. The molecule has 1 aromatic heterocycles. The van der Waals surface area contributed by atoms with Gasteiger partial charge < -0.3 is 14.5 Å². The maximum atomic E-state index is 12.5. The molecule has 8 heteroatoms. The van der Waals surface area contributed by atoms with Gasteiger partial charge in [-0.05, 0) is 61.0 Å². The van der Waals surface area contributed by atoms with Crippen molar-refractivity contribution in [3.8, 4) is 17.2 Å². The van der Waals surface area contributed by atoms with Crippen LogP contribution in [0, 0.1) is 17.0 Å². The molecule has 0 spiro atoms. The minimum absolute atomic E-state index is 0.0921. The van der Waals surface area contributed by atoms with E-state index >= 15 is 0 Å². The number of oxazole rings is 1. The molecule has 0 aliphatic carbocycles. The number of carbonyl (C=O) groups is 1. The summed E-state index contributed by atoms with van der Waals surface area (Å²) in [6.07, 6.45) is 0. The minimum Gasteiger partial charge on any atom is -0.490 e. The lowest BCUT2D eigenvalue weighted by Crippen LogP contribution is -2.12. The summed E-state index contributed by atoms with van der Waals surface area (Å²) in [5, 5.41) is 13.9. The van der Waals surface area contributed by atoms with E-state index < -0.39 is 10.8 Å². The van der Waals surface area contributed by atoms with E-state index in [0.29, 0.717) is 17.2 Å². The van der Waals surface area contributed by atoms with Crippen molar-refractivity contribution in [1.82, 2.24) is 4.98 Å². The van der Waals surface area contributed by atoms with Gasteiger partial charge in [-0.1, -0.05) is 6.07 Å². The van der Waals surface area contributed by atoms with Crippen LogP contribution in [0.3, 0.4) is 0 Å². The standard InChI is InChI=1S/C22H17N3O5/c1-13-3-9-19-17(11-13)24-22(30-19)14-4-7-16(8-5-14)23-21(26)15-6-10-20(29-2)18(12-15)25(27)28/h3-12H,1-2H3,(H,23,26). The third kappa shape index (κ3) is 3.70. The summed E-state index contributed by atoms with van der Waals surface area (Å²) < 4.78 is 10.7. The van der Waals surface area contributed by atoms with Crippen LogP contribution in [0.5, 0.6) is 5.75 Å². The summed E-state index contributed by atoms with van der Waals surface area (Å²) in [5.41, 5.74) is 3.76. The smallest absolute Gasteiger partial charge is 0.311 e. The summed E-state index contributed by atoms with van der Waals surface area (Å²) >= 11 is 0. The summed E-state index contributed by atoms with van der Waals surface area (Å²) in [4.78, 5) is 27.5. The molecule has 0 bridgehead atoms. The van der Waals surface area contributed by atoms with Crippen molar-refractivity contribution < 1.29 is 18.9 Å². The Balaban J connectivity index is 1.53. The van der Waals surface area contributed by atoms with E-state index in [-0.39, 0.29) is 17.0 Å². The molecule has 3 aromatic carbocycles. The Hall–Kier alpha value is -4.20. The van der Waals surface area contributed by atoms with Gasteiger partial charge in [0, 0.05) is 22.9 Å². The van der Waals surface area contributed by atoms with E-state index in [2.05, 4.69) is 10.3 Å². The molecule has 0 unspecified atom stereocenters. The summed E-state index contributed by atoms with van der Waals surface area (Å²) in [6, 6.07) is 16.8. The number of aromatic nitrogens is 1. The van der Waals surface area contributed by atoms with E-state index in [4.69, 9.17) is 9.15 Å². The fourth-order valence-electron chi connectivity index (χ4n) is 3.03. The summed E-state index contributed by atoms with van der Waals surface area (Å²) in [7, 11) is 1.33. The second-order valence-electron chi connectivity index (χ2n) is 6.67. The van der Waals surface area contributed by atoms with Crippen LogP contribution in [0.1, 0.15) is 15.9 Å². The van der Waals surface area contributed by atoms with Crippen molar-refractivity contribution in [3.63, 3.8) is 0 Å². The minimum atomic E-state index is -0.591. The zero-order valence-electron chi connectivity index (χ0n) is 16.2. The number of methoxy groups -OCH3 is 1. The molecule has 0 radical (unpaired) electrons. The number of nitro groups is 1. The van der Waals surface area contributed by atoms with Crippen LogP contribution in [0.4, 0.5) is 11.4 Å². The Kier molecular flexibility index (Phi) is 4.89. The number of nitro benzene ring substituents is 1. The predicted molar refractivity (Wildman–Crippen MR) is 112 cm³/mol. The number of anilines is 1. The van der Waals surface area contributed by atoms with Crippen molar-refractivity contribution in [3.05, 3.63) is 81.9 Å². The van der Waals surface area contributed by atoms with Gasteiger partial charge in [0.05, 0.1) is 12.0 Å². The monoisotopic (exact) mass is 403 g/mol. The molecule has 4 rings (SSSR count). The molecule has 0 aliphatic heterocycles. The van der Waals surface area contributed by atoms with Crippen molar-refractivity contribution in [2.24, 2.45) is 0 Å². The van der Waals surface area contributed by atoms with Gasteiger partial charge in [-0.15, -0.1) is 0 Å². The Morgan fingerprint density at radius 2 is 1.87 bits per heavy atom. The summed E-state index contributed by atoms with van der Waals surface area (Å²) in [5.74, 6) is 0.111. The fraction of sp³-hybridized carbons (Fsp3) is 0.0909. The molecule has 0 aliphatic rings. The first-order valence-corrected chi connectivity index (χ1v) is 9.06. The van der Waals surface area contributed by atoms with Crippen LogP contribution in [0.25, 0.3) is 22.6 Å². The highest BCUT2D eigenvalue weighted by Gasteiger charge is 2.18. The van der Waals surface area contributed by atoms with Crippen molar-refractivity contribution >= 4 is 28.4 Å². The lowest BCUT2D eigenvalue weighted by molar-refractivity contribution is -0.385. The number of amides is 1. The van der Waals surface area contributed by atoms with Gasteiger partial charge in [-0.25, -0.2) is 4.98 Å². The highest BCUT2D eigenvalue weighted by atomic mass is 16.6. The molecule has 0 atom stereocenters. The van der Waals surface area contributed by atoms with Gasteiger partial charge in [0.1, 0.15) is 5.52 Å². The molecule has 0 fully saturated rings. The SMILES string of the molecule is COc1ccc(C(=O)Nc2ccc(-c3nc4cc(C)ccc4o3)cc2)cc1[N+](=O)[O-]. The number of nitrogens with one attached hydrogen (secondary N) is 1. The fourth-order valence-corrected chi connectivity index (χ4v) is 3.03. The lowest BCUT2D eigenvalue weighted by atomic mass is 10.1. The number of fused-ring (bicyclic) bond motifs is 1. The zero-order valence-corrected chi connectivity index (χ0v) is 16.2. The topological polar surface area (TPSA) is 108 Å². The largest absolute Gasteiger partial charge is 0.490 e. The lowest BCUT2D eigenvalue weighted by Gasteiger charge is -2.07. The van der Waals surface area contributed by atoms with Crippen molar-refractivity contribution in [1.29, 1.82) is 0 Å². The molecule has 30 heavy (non-hydrogen) atoms. The zero-order chi connectivity index (χ0) is 21.3. The van der Waals surface area contributed by atoms with Crippen LogP contribution >= 0.6 is 0 Å². The molecular weight excluding hydrogens is 386 g/mol. The Morgan fingerprint density at radius 3 is 2.57 bits per heavy atom. The average Bonchev–Trinajstić information content (AvgIpc) is 3.16. The van der Waals surface area contributed by atoms with E-state index in [1.807, 2.05) is 25.1 Å². The Labute approximate surface area is 171 Å². The van der Waals surface area contributed by atoms with Crippen molar-refractivity contribution in [2.75, 3.05) is 12.4 Å². The molecule has 150 valence electrons. The maximum absolute atomic E-state index is 12.5. The first-order valence-electron chi connectivity index (χ1n) is 9.06. The average molecular weight is 403 g/mol. The van der Waals surface area contributed by atoms with Gasteiger partial charge in [-0.3, -0.25) is 14.9 Å². The number of carbonyl (C=O) groups excluding carboxylic acids is 1. The number of benzene rings is 3. The Bertz CT molecular complexity index is 1260. The van der Waals surface area contributed by atoms with Gasteiger partial charge in [0.2, 0.25) is 5.89 Å². The van der Waals surface area contributed by atoms with E-state index in [1.165, 1.54) is 25.3 Å².